The lowest BCUT2D eigenvalue weighted by Gasteiger charge is -2.12. The Morgan fingerprint density at radius 2 is 1.94 bits per heavy atom. The van der Waals surface area contributed by atoms with Crippen molar-refractivity contribution in [3.8, 4) is 0 Å². The van der Waals surface area contributed by atoms with E-state index in [1.54, 1.807) is 36.4 Å². The molecule has 4 aromatic rings. The number of hydrogen-bond acceptors (Lipinski definition) is 4. The van der Waals surface area contributed by atoms with Gasteiger partial charge in [-0.25, -0.2) is 13.4 Å². The molecule has 0 fully saturated rings. The molecule has 2 N–H and O–H groups in total. The highest BCUT2D eigenvalue weighted by molar-refractivity contribution is 7.93. The van der Waals surface area contributed by atoms with E-state index in [4.69, 9.17) is 4.98 Å². The first kappa shape index (κ1) is 18.4. The molecule has 0 aliphatic carbocycles. The van der Waals surface area contributed by atoms with E-state index >= 15 is 0 Å². The van der Waals surface area contributed by atoms with Crippen molar-refractivity contribution < 1.29 is 13.2 Å². The Kier molecular flexibility index (Phi) is 3.89. The van der Waals surface area contributed by atoms with Gasteiger partial charge in [0.05, 0.1) is 21.6 Å². The maximum absolute atomic E-state index is 13.3. The molecule has 1 amide bonds. The van der Waals surface area contributed by atoms with E-state index in [1.165, 1.54) is 12.5 Å². The molecule has 0 radical (unpaired) electrons. The molecule has 0 saturated heterocycles. The minimum atomic E-state index is -3.86. The number of nitrogens with zero attached hydrogens (tertiary/aromatic N) is 2. The van der Waals surface area contributed by atoms with Crippen LogP contribution in [-0.4, -0.2) is 23.9 Å². The average Bonchev–Trinajstić information content (AvgIpc) is 3.15. The van der Waals surface area contributed by atoms with Gasteiger partial charge in [0.25, 0.3) is 15.9 Å². The molecule has 1 aromatic heterocycles. The number of imidazole rings is 1. The van der Waals surface area contributed by atoms with Gasteiger partial charge in [0.15, 0.2) is 0 Å². The number of rotatable bonds is 3. The second-order valence-electron chi connectivity index (χ2n) is 8.09. The van der Waals surface area contributed by atoms with Crippen LogP contribution in [0.5, 0.6) is 0 Å². The van der Waals surface area contributed by atoms with Gasteiger partial charge >= 0.3 is 0 Å². The Bertz CT molecular complexity index is 1500. The molecular weight excluding hydrogens is 412 g/mol. The zero-order chi connectivity index (χ0) is 21.2. The fourth-order valence-corrected chi connectivity index (χ4v) is 5.97. The minimum Gasteiger partial charge on any atom is -0.328 e. The molecule has 31 heavy (non-hydrogen) atoms. The van der Waals surface area contributed by atoms with Crippen LogP contribution in [0.2, 0.25) is 0 Å². The molecule has 7 nitrogen and oxygen atoms in total. The summed E-state index contributed by atoms with van der Waals surface area (Å²) < 4.78 is 31.5. The fraction of sp³-hybridized carbons (Fsp3) is 0.217. The molecule has 6 rings (SSSR count). The standard InChI is InChI=1S/C23H20N4O3S/c28-23-16-6-4-5-15-20(11-9-17(25-23)22(15)16)31(29,30)26-14-8-10-19-18(13-14)24-21-7-2-1-3-12-27(19)21/h4-6,8-11,13,26H,1-3,7,12H2,(H,25,28). The SMILES string of the molecule is O=C1Nc2ccc(S(=O)(=O)Nc3ccc4c(c3)nc3n4CCCCC3)c3cccc1c23. The Labute approximate surface area is 179 Å². The van der Waals surface area contributed by atoms with E-state index in [0.29, 0.717) is 27.7 Å². The van der Waals surface area contributed by atoms with Crippen LogP contribution in [0.4, 0.5) is 11.4 Å². The van der Waals surface area contributed by atoms with Crippen LogP contribution in [0, 0.1) is 0 Å². The number of aromatic nitrogens is 2. The molecule has 0 unspecified atom stereocenters. The van der Waals surface area contributed by atoms with Crippen LogP contribution < -0.4 is 10.0 Å². The van der Waals surface area contributed by atoms with Crippen LogP contribution >= 0.6 is 0 Å². The van der Waals surface area contributed by atoms with Crippen molar-refractivity contribution >= 4 is 49.1 Å². The summed E-state index contributed by atoms with van der Waals surface area (Å²) in [4.78, 5) is 17.0. The summed E-state index contributed by atoms with van der Waals surface area (Å²) in [5.41, 5.74) is 3.43. The average molecular weight is 433 g/mol. The minimum absolute atomic E-state index is 0.144. The predicted molar refractivity (Wildman–Crippen MR) is 120 cm³/mol. The summed E-state index contributed by atoms with van der Waals surface area (Å²) in [5, 5.41) is 3.95. The first-order valence-electron chi connectivity index (χ1n) is 10.4. The largest absolute Gasteiger partial charge is 0.328 e. The molecule has 3 aromatic carbocycles. The third-order valence-corrected chi connectivity index (χ3v) is 7.58. The number of anilines is 2. The maximum atomic E-state index is 13.3. The van der Waals surface area contributed by atoms with Gasteiger partial charge in [0.2, 0.25) is 0 Å². The van der Waals surface area contributed by atoms with Crippen LogP contribution in [0.1, 0.15) is 35.4 Å². The van der Waals surface area contributed by atoms with Crippen molar-refractivity contribution in [3.63, 3.8) is 0 Å². The van der Waals surface area contributed by atoms with E-state index < -0.39 is 10.0 Å². The molecular formula is C23H20N4O3S. The van der Waals surface area contributed by atoms with Gasteiger partial charge in [-0.15, -0.1) is 0 Å². The lowest BCUT2D eigenvalue weighted by atomic mass is 10.1. The van der Waals surface area contributed by atoms with E-state index in [1.807, 2.05) is 6.07 Å². The first-order chi connectivity index (χ1) is 15.0. The van der Waals surface area contributed by atoms with Gasteiger partial charge < -0.3 is 9.88 Å². The number of carbonyl (C=O) groups is 1. The van der Waals surface area contributed by atoms with Gasteiger partial charge in [-0.05, 0) is 49.2 Å². The summed E-state index contributed by atoms with van der Waals surface area (Å²) in [6.07, 6.45) is 4.42. The Morgan fingerprint density at radius 3 is 2.84 bits per heavy atom. The van der Waals surface area contributed by atoms with E-state index in [-0.39, 0.29) is 10.8 Å². The van der Waals surface area contributed by atoms with Gasteiger partial charge in [-0.3, -0.25) is 9.52 Å². The molecule has 0 atom stereocenters. The second-order valence-corrected chi connectivity index (χ2v) is 9.74. The number of aryl methyl sites for hydroxylation is 2. The highest BCUT2D eigenvalue weighted by Crippen LogP contribution is 2.37. The van der Waals surface area contributed by atoms with E-state index in [9.17, 15) is 13.2 Å². The highest BCUT2D eigenvalue weighted by atomic mass is 32.2. The molecule has 3 heterocycles. The lowest BCUT2D eigenvalue weighted by Crippen LogP contribution is -2.13. The summed E-state index contributed by atoms with van der Waals surface area (Å²) in [5.74, 6) is 0.852. The number of amides is 1. The lowest BCUT2D eigenvalue weighted by molar-refractivity contribution is 0.103. The Hall–Kier alpha value is -3.39. The topological polar surface area (TPSA) is 93.1 Å². The van der Waals surface area contributed by atoms with Gasteiger partial charge in [0, 0.05) is 35.0 Å². The summed E-state index contributed by atoms with van der Waals surface area (Å²) in [6, 6.07) is 13.8. The molecule has 0 spiro atoms. The third-order valence-electron chi connectivity index (χ3n) is 6.14. The van der Waals surface area contributed by atoms with Crippen LogP contribution in [-0.2, 0) is 23.0 Å². The zero-order valence-electron chi connectivity index (χ0n) is 16.7. The number of nitrogens with one attached hydrogen (secondary N) is 2. The van der Waals surface area contributed by atoms with Crippen molar-refractivity contribution in [1.29, 1.82) is 0 Å². The van der Waals surface area contributed by atoms with Gasteiger partial charge in [-0.2, -0.15) is 0 Å². The Morgan fingerprint density at radius 1 is 1.03 bits per heavy atom. The molecule has 2 aliphatic rings. The van der Waals surface area contributed by atoms with Crippen molar-refractivity contribution in [2.24, 2.45) is 0 Å². The summed E-state index contributed by atoms with van der Waals surface area (Å²) >= 11 is 0. The molecule has 2 aliphatic heterocycles. The molecule has 0 bridgehead atoms. The van der Waals surface area contributed by atoms with Crippen molar-refractivity contribution in [2.75, 3.05) is 10.0 Å². The van der Waals surface area contributed by atoms with Crippen LogP contribution in [0.25, 0.3) is 21.8 Å². The normalized spacial score (nSPS) is 15.7. The maximum Gasteiger partial charge on any atom is 0.262 e. The van der Waals surface area contributed by atoms with E-state index in [0.717, 1.165) is 42.7 Å². The van der Waals surface area contributed by atoms with Crippen molar-refractivity contribution in [1.82, 2.24) is 9.55 Å². The zero-order valence-corrected chi connectivity index (χ0v) is 17.5. The second kappa shape index (κ2) is 6.55. The van der Waals surface area contributed by atoms with Crippen LogP contribution in [0.15, 0.2) is 53.4 Å². The predicted octanol–water partition coefficient (Wildman–Crippen LogP) is 4.28. The fourth-order valence-electron chi connectivity index (χ4n) is 4.72. The van der Waals surface area contributed by atoms with Crippen molar-refractivity contribution in [2.45, 2.75) is 37.1 Å². The van der Waals surface area contributed by atoms with Gasteiger partial charge in [0.1, 0.15) is 5.82 Å². The van der Waals surface area contributed by atoms with Crippen LogP contribution in [0.3, 0.4) is 0 Å². The smallest absolute Gasteiger partial charge is 0.262 e. The number of sulfonamides is 1. The summed E-state index contributed by atoms with van der Waals surface area (Å²) in [7, 11) is -3.86. The molecule has 0 saturated carbocycles. The number of fused-ring (bicyclic) bond motifs is 3. The number of hydrogen-bond donors (Lipinski definition) is 2. The van der Waals surface area contributed by atoms with Crippen molar-refractivity contribution in [3.05, 3.63) is 59.9 Å². The quantitative estimate of drug-likeness (QED) is 0.505. The monoisotopic (exact) mass is 432 g/mol. The third kappa shape index (κ3) is 2.82. The highest BCUT2D eigenvalue weighted by Gasteiger charge is 2.26. The first-order valence-corrected chi connectivity index (χ1v) is 11.9. The number of benzene rings is 3. The van der Waals surface area contributed by atoms with E-state index in [2.05, 4.69) is 14.6 Å². The molecule has 8 heteroatoms. The number of carbonyl (C=O) groups excluding carboxylic acids is 1. The summed E-state index contributed by atoms with van der Waals surface area (Å²) in [6.45, 7) is 0.949. The van der Waals surface area contributed by atoms with Gasteiger partial charge in [-0.1, -0.05) is 18.6 Å². The Balaban J connectivity index is 1.41. The molecule has 156 valence electrons.